The van der Waals surface area contributed by atoms with Crippen LogP contribution in [0, 0.1) is 0 Å². The van der Waals surface area contributed by atoms with Crippen LogP contribution in [0.4, 0.5) is 4.79 Å². The highest BCUT2D eigenvalue weighted by molar-refractivity contribution is 8.18. The molecule has 3 rings (SSSR count). The lowest BCUT2D eigenvalue weighted by Gasteiger charge is -2.14. The van der Waals surface area contributed by atoms with Gasteiger partial charge in [0.05, 0.1) is 9.80 Å². The van der Waals surface area contributed by atoms with Crippen LogP contribution in [0.1, 0.15) is 5.56 Å². The minimum Gasteiger partial charge on any atom is -0.282 e. The summed E-state index contributed by atoms with van der Waals surface area (Å²) >= 11 is 0.778. The van der Waals surface area contributed by atoms with Crippen molar-refractivity contribution in [2.24, 2.45) is 0 Å². The number of thioether (sulfide) groups is 1. The minimum atomic E-state index is -3.48. The van der Waals surface area contributed by atoms with Gasteiger partial charge in [0.15, 0.2) is 9.84 Å². The normalized spacial score (nSPS) is 24.2. The largest absolute Gasteiger partial charge is 0.290 e. The quantitative estimate of drug-likeness (QED) is 0.736. The first-order valence-corrected chi connectivity index (χ1v) is 7.65. The third kappa shape index (κ3) is 1.91. The van der Waals surface area contributed by atoms with E-state index >= 15 is 0 Å². The smallest absolute Gasteiger partial charge is 0.282 e. The molecule has 5 nitrogen and oxygen atoms in total. The number of hydrogen-bond donors (Lipinski definition) is 1. The molecule has 2 aliphatic heterocycles. The maximum Gasteiger partial charge on any atom is 0.290 e. The lowest BCUT2D eigenvalue weighted by atomic mass is 10.0. The van der Waals surface area contributed by atoms with Gasteiger partial charge in [0.2, 0.25) is 0 Å². The summed E-state index contributed by atoms with van der Waals surface area (Å²) in [5, 5.41) is 2.76. The zero-order valence-corrected chi connectivity index (χ0v) is 11.0. The number of amides is 2. The number of sulfone groups is 1. The fourth-order valence-corrected chi connectivity index (χ4v) is 3.92. The van der Waals surface area contributed by atoms with E-state index in [-0.39, 0.29) is 9.80 Å². The van der Waals surface area contributed by atoms with E-state index in [1.807, 2.05) is 0 Å². The van der Waals surface area contributed by atoms with E-state index in [0.717, 1.165) is 17.2 Å². The van der Waals surface area contributed by atoms with Crippen molar-refractivity contribution in [3.05, 3.63) is 46.2 Å². The van der Waals surface area contributed by atoms with Crippen LogP contribution in [-0.2, 0) is 14.6 Å². The van der Waals surface area contributed by atoms with E-state index in [1.165, 1.54) is 12.1 Å². The molecule has 0 saturated carbocycles. The summed E-state index contributed by atoms with van der Waals surface area (Å²) in [6, 6.07) is 6.40. The molecule has 0 bridgehead atoms. The molecule has 1 saturated heterocycles. The Hall–Kier alpha value is -1.86. The van der Waals surface area contributed by atoms with Crippen molar-refractivity contribution in [3.63, 3.8) is 0 Å². The lowest BCUT2D eigenvalue weighted by molar-refractivity contribution is -0.115. The summed E-state index contributed by atoms with van der Waals surface area (Å²) in [4.78, 5) is 23.2. The SMILES string of the molecule is O=C1NC(=O)C(=C2C=CS(=O)(=O)c3ccccc32)S1. The van der Waals surface area contributed by atoms with Crippen molar-refractivity contribution in [2.75, 3.05) is 0 Å². The van der Waals surface area contributed by atoms with Crippen LogP contribution in [0.2, 0.25) is 0 Å². The number of carbonyl (C=O) groups is 2. The van der Waals surface area contributed by atoms with Gasteiger partial charge in [-0.15, -0.1) is 0 Å². The Labute approximate surface area is 113 Å². The Bertz CT molecular complexity index is 775. The van der Waals surface area contributed by atoms with Gasteiger partial charge in [-0.3, -0.25) is 14.9 Å². The van der Waals surface area contributed by atoms with Crippen LogP contribution >= 0.6 is 11.8 Å². The van der Waals surface area contributed by atoms with Gasteiger partial charge in [-0.25, -0.2) is 8.42 Å². The number of rotatable bonds is 0. The van der Waals surface area contributed by atoms with Gasteiger partial charge in [0.1, 0.15) is 0 Å². The molecule has 0 unspecified atom stereocenters. The minimum absolute atomic E-state index is 0.146. The molecule has 2 amide bonds. The Morgan fingerprint density at radius 3 is 2.53 bits per heavy atom. The zero-order valence-electron chi connectivity index (χ0n) is 9.41. The summed E-state index contributed by atoms with van der Waals surface area (Å²) in [5.74, 6) is -0.497. The van der Waals surface area contributed by atoms with Crippen molar-refractivity contribution in [2.45, 2.75) is 4.90 Å². The average Bonchev–Trinajstić information content (AvgIpc) is 2.69. The third-order valence-electron chi connectivity index (χ3n) is 2.76. The molecule has 1 aromatic rings. The maximum atomic E-state index is 11.9. The topological polar surface area (TPSA) is 80.3 Å². The molecule has 0 aromatic heterocycles. The van der Waals surface area contributed by atoms with Gasteiger partial charge in [-0.1, -0.05) is 18.2 Å². The predicted molar refractivity (Wildman–Crippen MR) is 70.8 cm³/mol. The second kappa shape index (κ2) is 4.07. The summed E-state index contributed by atoms with van der Waals surface area (Å²) in [7, 11) is -3.48. The van der Waals surface area contributed by atoms with Crippen molar-refractivity contribution in [1.29, 1.82) is 0 Å². The molecule has 1 aromatic carbocycles. The molecule has 0 atom stereocenters. The number of fused-ring (bicyclic) bond motifs is 1. The highest BCUT2D eigenvalue weighted by Gasteiger charge is 2.31. The average molecular weight is 293 g/mol. The van der Waals surface area contributed by atoms with E-state index in [4.69, 9.17) is 0 Å². The van der Waals surface area contributed by atoms with E-state index in [0.29, 0.717) is 11.1 Å². The van der Waals surface area contributed by atoms with Gasteiger partial charge in [0, 0.05) is 16.5 Å². The Morgan fingerprint density at radius 2 is 1.84 bits per heavy atom. The molecular weight excluding hydrogens is 286 g/mol. The lowest BCUT2D eigenvalue weighted by Crippen LogP contribution is -2.18. The second-order valence-electron chi connectivity index (χ2n) is 3.93. The van der Waals surface area contributed by atoms with Crippen molar-refractivity contribution in [3.8, 4) is 0 Å². The molecule has 2 aliphatic rings. The van der Waals surface area contributed by atoms with E-state index in [1.54, 1.807) is 18.2 Å². The summed E-state index contributed by atoms with van der Waals surface area (Å²) < 4.78 is 23.8. The number of allylic oxidation sites excluding steroid dienone is 2. The summed E-state index contributed by atoms with van der Waals surface area (Å²) in [6.45, 7) is 0. The van der Waals surface area contributed by atoms with Crippen LogP contribution < -0.4 is 5.32 Å². The molecule has 0 radical (unpaired) electrons. The van der Waals surface area contributed by atoms with E-state index in [2.05, 4.69) is 5.32 Å². The third-order valence-corrected chi connectivity index (χ3v) is 5.12. The second-order valence-corrected chi connectivity index (χ2v) is 6.72. The highest BCUT2D eigenvalue weighted by atomic mass is 32.2. The molecule has 19 heavy (non-hydrogen) atoms. The fraction of sp³-hybridized carbons (Fsp3) is 0. The number of imide groups is 1. The molecule has 1 fully saturated rings. The van der Waals surface area contributed by atoms with Gasteiger partial charge in [0.25, 0.3) is 11.1 Å². The molecule has 96 valence electrons. The Kier molecular flexibility index (Phi) is 2.61. The predicted octanol–water partition coefficient (Wildman–Crippen LogP) is 1.68. The number of nitrogens with one attached hydrogen (secondary N) is 1. The summed E-state index contributed by atoms with van der Waals surface area (Å²) in [5.41, 5.74) is 0.899. The number of carbonyl (C=O) groups excluding carboxylic acids is 2. The number of benzene rings is 1. The van der Waals surface area contributed by atoms with E-state index in [9.17, 15) is 18.0 Å². The molecule has 2 heterocycles. The van der Waals surface area contributed by atoms with Crippen LogP contribution in [0.15, 0.2) is 45.6 Å². The zero-order chi connectivity index (χ0) is 13.6. The molecule has 1 N–H and O–H groups in total. The first-order chi connectivity index (χ1) is 8.99. The van der Waals surface area contributed by atoms with Crippen LogP contribution in [0.3, 0.4) is 0 Å². The number of hydrogen-bond acceptors (Lipinski definition) is 5. The van der Waals surface area contributed by atoms with Crippen LogP contribution in [-0.4, -0.2) is 19.6 Å². The first-order valence-electron chi connectivity index (χ1n) is 5.29. The molecule has 0 spiro atoms. The maximum absolute atomic E-state index is 11.9. The van der Waals surface area contributed by atoms with Crippen molar-refractivity contribution in [1.82, 2.24) is 5.32 Å². The first kappa shape index (κ1) is 12.2. The highest BCUT2D eigenvalue weighted by Crippen LogP contribution is 2.38. The van der Waals surface area contributed by atoms with E-state index < -0.39 is 21.0 Å². The van der Waals surface area contributed by atoms with Crippen LogP contribution in [0.25, 0.3) is 5.57 Å². The van der Waals surface area contributed by atoms with Crippen molar-refractivity contribution >= 4 is 38.3 Å². The van der Waals surface area contributed by atoms with Crippen molar-refractivity contribution < 1.29 is 18.0 Å². The van der Waals surface area contributed by atoms with Gasteiger partial charge >= 0.3 is 0 Å². The van der Waals surface area contributed by atoms with Gasteiger partial charge in [-0.2, -0.15) is 0 Å². The molecular formula is C12H7NO4S2. The monoisotopic (exact) mass is 293 g/mol. The van der Waals surface area contributed by atoms with Crippen LogP contribution in [0.5, 0.6) is 0 Å². The van der Waals surface area contributed by atoms with Gasteiger partial charge in [-0.05, 0) is 23.9 Å². The Balaban J connectivity index is 2.30. The summed E-state index contributed by atoms with van der Waals surface area (Å²) in [6.07, 6.45) is 1.36. The fourth-order valence-electron chi connectivity index (χ4n) is 1.95. The van der Waals surface area contributed by atoms with Gasteiger partial charge < -0.3 is 0 Å². The Morgan fingerprint density at radius 1 is 1.11 bits per heavy atom. The molecule has 7 heteroatoms. The standard InChI is InChI=1S/C12H7NO4S2/c14-11-10(18-12(15)13-11)8-5-6-19(16,17)9-4-2-1-3-7(8)9/h1-6H,(H,13,14,15). The molecule has 0 aliphatic carbocycles.